The first-order chi connectivity index (χ1) is 12.9. The molecule has 1 aromatic carbocycles. The number of carbonyl (C=O) groups excluding carboxylic acids is 3. The van der Waals surface area contributed by atoms with Crippen molar-refractivity contribution in [2.45, 2.75) is 64.8 Å². The number of benzene rings is 1. The topological polar surface area (TPSA) is 110 Å². The minimum Gasteiger partial charge on any atom is -0.508 e. The van der Waals surface area contributed by atoms with Crippen molar-refractivity contribution in [3.63, 3.8) is 0 Å². The summed E-state index contributed by atoms with van der Waals surface area (Å²) in [4.78, 5) is 38.4. The van der Waals surface area contributed by atoms with Crippen LogP contribution in [0.15, 0.2) is 24.3 Å². The van der Waals surface area contributed by atoms with Crippen LogP contribution in [-0.2, 0) is 23.9 Å². The van der Waals surface area contributed by atoms with Crippen LogP contribution in [0.2, 0.25) is 0 Å². The van der Waals surface area contributed by atoms with Gasteiger partial charge in [-0.2, -0.15) is 0 Å². The lowest BCUT2D eigenvalue weighted by Crippen LogP contribution is -2.55. The zero-order chi connectivity index (χ0) is 21.2. The first-order valence-corrected chi connectivity index (χ1v) is 9.39. The third kappa shape index (κ3) is 4.70. The lowest BCUT2D eigenvalue weighted by molar-refractivity contribution is -0.176. The molecule has 0 spiro atoms. The Hall–Kier alpha value is -2.41. The number of aliphatic hydroxyl groups is 1. The van der Waals surface area contributed by atoms with Gasteiger partial charge in [0.25, 0.3) is 0 Å². The molecule has 0 aliphatic heterocycles. The fourth-order valence-corrected chi connectivity index (χ4v) is 3.72. The molecule has 0 saturated heterocycles. The number of Topliss-reactive ketones (excluding diaryl/α,β-unsaturated/α-hetero) is 1. The number of aromatic hydroxyl groups is 1. The Bertz CT molecular complexity index is 726. The monoisotopic (exact) mass is 392 g/mol. The van der Waals surface area contributed by atoms with Crippen molar-refractivity contribution in [3.8, 4) is 5.75 Å². The number of rotatable bonds is 5. The summed E-state index contributed by atoms with van der Waals surface area (Å²) >= 11 is 0. The zero-order valence-electron chi connectivity index (χ0n) is 16.8. The third-order valence-electron chi connectivity index (χ3n) is 4.76. The molecule has 0 bridgehead atoms. The standard InChI is InChI=1S/C21H28O7/c1-11(2)27-19(24)17-15(23)10-21(5,26)18(20(25)28-12(3)4)16(17)13-6-8-14(22)9-7-13/h6-9,11-12,16-18,22,26H,10H2,1-5H3/t16-,17-,18+,21-/m1/s1. The summed E-state index contributed by atoms with van der Waals surface area (Å²) in [6.45, 7) is 8.10. The molecule has 4 atom stereocenters. The van der Waals surface area contributed by atoms with Gasteiger partial charge in [0, 0.05) is 12.3 Å². The molecule has 7 heteroatoms. The van der Waals surface area contributed by atoms with E-state index in [9.17, 15) is 24.6 Å². The van der Waals surface area contributed by atoms with E-state index in [1.165, 1.54) is 31.2 Å². The summed E-state index contributed by atoms with van der Waals surface area (Å²) in [5, 5.41) is 20.5. The van der Waals surface area contributed by atoms with Crippen LogP contribution in [0.25, 0.3) is 0 Å². The zero-order valence-corrected chi connectivity index (χ0v) is 16.8. The highest BCUT2D eigenvalue weighted by molar-refractivity contribution is 6.02. The van der Waals surface area contributed by atoms with E-state index >= 15 is 0 Å². The number of carbonyl (C=O) groups is 3. The number of ether oxygens (including phenoxy) is 2. The van der Waals surface area contributed by atoms with Gasteiger partial charge >= 0.3 is 11.9 Å². The molecule has 0 aromatic heterocycles. The van der Waals surface area contributed by atoms with Crippen molar-refractivity contribution in [3.05, 3.63) is 29.8 Å². The van der Waals surface area contributed by atoms with Crippen molar-refractivity contribution in [1.82, 2.24) is 0 Å². The van der Waals surface area contributed by atoms with Gasteiger partial charge in [-0.1, -0.05) is 12.1 Å². The maximum Gasteiger partial charge on any atom is 0.317 e. The predicted octanol–water partition coefficient (Wildman–Crippen LogP) is 2.34. The Kier molecular flexibility index (Phi) is 6.49. The van der Waals surface area contributed by atoms with Gasteiger partial charge in [-0.15, -0.1) is 0 Å². The van der Waals surface area contributed by atoms with Gasteiger partial charge in [-0.05, 0) is 52.3 Å². The number of esters is 2. The van der Waals surface area contributed by atoms with E-state index in [1.54, 1.807) is 27.7 Å². The average molecular weight is 392 g/mol. The van der Waals surface area contributed by atoms with Gasteiger partial charge < -0.3 is 19.7 Å². The Morgan fingerprint density at radius 1 is 1.04 bits per heavy atom. The van der Waals surface area contributed by atoms with E-state index in [0.717, 1.165) is 0 Å². The van der Waals surface area contributed by atoms with Gasteiger partial charge in [0.15, 0.2) is 5.78 Å². The smallest absolute Gasteiger partial charge is 0.317 e. The molecule has 154 valence electrons. The summed E-state index contributed by atoms with van der Waals surface area (Å²) in [5.74, 6) is -5.31. The van der Waals surface area contributed by atoms with Crippen LogP contribution in [0.1, 0.15) is 52.5 Å². The van der Waals surface area contributed by atoms with Gasteiger partial charge in [0.05, 0.1) is 23.7 Å². The third-order valence-corrected chi connectivity index (χ3v) is 4.76. The molecule has 1 aliphatic carbocycles. The molecular weight excluding hydrogens is 364 g/mol. The molecule has 28 heavy (non-hydrogen) atoms. The Labute approximate surface area is 164 Å². The molecule has 0 radical (unpaired) electrons. The molecule has 0 unspecified atom stereocenters. The van der Waals surface area contributed by atoms with E-state index in [4.69, 9.17) is 9.47 Å². The quantitative estimate of drug-likeness (QED) is 0.584. The minimum absolute atomic E-state index is 0.000241. The normalized spacial score (nSPS) is 27.7. The van der Waals surface area contributed by atoms with Crippen LogP contribution >= 0.6 is 0 Å². The maximum absolute atomic E-state index is 12.9. The van der Waals surface area contributed by atoms with Gasteiger partial charge in [-0.3, -0.25) is 14.4 Å². The van der Waals surface area contributed by atoms with E-state index in [0.29, 0.717) is 5.56 Å². The second-order valence-electron chi connectivity index (χ2n) is 8.04. The largest absolute Gasteiger partial charge is 0.508 e. The van der Waals surface area contributed by atoms with E-state index in [1.807, 2.05) is 0 Å². The van der Waals surface area contributed by atoms with Crippen LogP contribution in [0, 0.1) is 11.8 Å². The van der Waals surface area contributed by atoms with Crippen molar-refractivity contribution in [2.24, 2.45) is 11.8 Å². The second-order valence-corrected chi connectivity index (χ2v) is 8.04. The number of phenolic OH excluding ortho intramolecular Hbond substituents is 1. The van der Waals surface area contributed by atoms with Crippen molar-refractivity contribution in [1.29, 1.82) is 0 Å². The first kappa shape index (κ1) is 21.9. The lowest BCUT2D eigenvalue weighted by atomic mass is 9.61. The molecule has 0 amide bonds. The molecular formula is C21H28O7. The fraction of sp³-hybridized carbons (Fsp3) is 0.571. The van der Waals surface area contributed by atoms with E-state index in [2.05, 4.69) is 0 Å². The van der Waals surface area contributed by atoms with Crippen LogP contribution in [0.4, 0.5) is 0 Å². The highest BCUT2D eigenvalue weighted by Gasteiger charge is 2.57. The first-order valence-electron chi connectivity index (χ1n) is 9.39. The van der Waals surface area contributed by atoms with Gasteiger partial charge in [-0.25, -0.2) is 0 Å². The van der Waals surface area contributed by atoms with Crippen LogP contribution in [0.5, 0.6) is 5.75 Å². The summed E-state index contributed by atoms with van der Waals surface area (Å²) in [5.41, 5.74) is -1.23. The van der Waals surface area contributed by atoms with Gasteiger partial charge in [0.1, 0.15) is 11.7 Å². The van der Waals surface area contributed by atoms with E-state index < -0.39 is 53.3 Å². The predicted molar refractivity (Wildman–Crippen MR) is 101 cm³/mol. The number of hydrogen-bond acceptors (Lipinski definition) is 7. The minimum atomic E-state index is -1.69. The maximum atomic E-state index is 12.9. The van der Waals surface area contributed by atoms with Crippen LogP contribution in [0.3, 0.4) is 0 Å². The molecule has 7 nitrogen and oxygen atoms in total. The van der Waals surface area contributed by atoms with Crippen LogP contribution in [-0.4, -0.2) is 45.7 Å². The Balaban J connectivity index is 2.59. The van der Waals surface area contributed by atoms with Crippen molar-refractivity contribution < 1.29 is 34.1 Å². The summed E-state index contributed by atoms with van der Waals surface area (Å²) in [7, 11) is 0. The summed E-state index contributed by atoms with van der Waals surface area (Å²) < 4.78 is 10.6. The summed E-state index contributed by atoms with van der Waals surface area (Å²) in [6.07, 6.45) is -1.23. The molecule has 2 N–H and O–H groups in total. The molecule has 1 saturated carbocycles. The molecule has 0 heterocycles. The number of phenols is 1. The lowest BCUT2D eigenvalue weighted by Gasteiger charge is -2.44. The molecule has 1 aromatic rings. The second kappa shape index (κ2) is 8.31. The van der Waals surface area contributed by atoms with Crippen LogP contribution < -0.4 is 0 Å². The van der Waals surface area contributed by atoms with Crippen molar-refractivity contribution >= 4 is 17.7 Å². The van der Waals surface area contributed by atoms with Crippen molar-refractivity contribution in [2.75, 3.05) is 0 Å². The Morgan fingerprint density at radius 2 is 1.54 bits per heavy atom. The average Bonchev–Trinajstić information content (AvgIpc) is 2.52. The highest BCUT2D eigenvalue weighted by atomic mass is 16.5. The molecule has 1 fully saturated rings. The SMILES string of the molecule is CC(C)OC(=O)[C@@H]1C(=O)C[C@@](C)(O)[C@H](C(=O)OC(C)C)[C@@H]1c1ccc(O)cc1. The van der Waals surface area contributed by atoms with Gasteiger partial charge in [0.2, 0.25) is 0 Å². The summed E-state index contributed by atoms with van der Waals surface area (Å²) in [6, 6.07) is 5.86. The number of hydrogen-bond donors (Lipinski definition) is 2. The molecule has 1 aliphatic rings. The molecule has 2 rings (SSSR count). The number of ketones is 1. The fourth-order valence-electron chi connectivity index (χ4n) is 3.72. The Morgan fingerprint density at radius 3 is 2.04 bits per heavy atom. The van der Waals surface area contributed by atoms with E-state index in [-0.39, 0.29) is 12.2 Å². The highest BCUT2D eigenvalue weighted by Crippen LogP contribution is 2.47.